The molecule has 2 aliphatic rings. The number of allylic oxidation sites excluding steroid dienone is 4. The molecule has 2 atom stereocenters. The molecule has 0 aliphatic heterocycles. The van der Waals surface area contributed by atoms with Gasteiger partial charge in [-0.25, -0.2) is 0 Å². The highest BCUT2D eigenvalue weighted by molar-refractivity contribution is 6.00. The molecule has 3 rings (SSSR count). The lowest BCUT2D eigenvalue weighted by Gasteiger charge is -2.24. The average Bonchev–Trinajstić information content (AvgIpc) is 2.91. The van der Waals surface area contributed by atoms with E-state index in [1.807, 2.05) is 18.2 Å². The Labute approximate surface area is 154 Å². The first-order valence-corrected chi connectivity index (χ1v) is 9.38. The third kappa shape index (κ3) is 3.46. The van der Waals surface area contributed by atoms with Gasteiger partial charge in [-0.15, -0.1) is 0 Å². The van der Waals surface area contributed by atoms with Gasteiger partial charge in [0.25, 0.3) is 0 Å². The third-order valence-corrected chi connectivity index (χ3v) is 5.33. The Morgan fingerprint density at radius 1 is 1.00 bits per heavy atom. The number of ether oxygens (including phenoxy) is 2. The molecule has 0 saturated heterocycles. The maximum atomic E-state index is 12.7. The molecule has 0 bridgehead atoms. The van der Waals surface area contributed by atoms with E-state index in [0.29, 0.717) is 12.8 Å². The van der Waals surface area contributed by atoms with Gasteiger partial charge in [0, 0.05) is 0 Å². The summed E-state index contributed by atoms with van der Waals surface area (Å²) in [6.45, 7) is 4.04. The van der Waals surface area contributed by atoms with Gasteiger partial charge >= 0.3 is 11.9 Å². The molecule has 0 heterocycles. The third-order valence-electron chi connectivity index (χ3n) is 5.33. The fourth-order valence-corrected chi connectivity index (χ4v) is 4.10. The number of benzene rings is 1. The summed E-state index contributed by atoms with van der Waals surface area (Å²) in [5.74, 6) is -0.632. The maximum absolute atomic E-state index is 12.7. The highest BCUT2D eigenvalue weighted by Crippen LogP contribution is 2.50. The highest BCUT2D eigenvalue weighted by Gasteiger charge is 2.56. The molecule has 0 radical (unpaired) electrons. The lowest BCUT2D eigenvalue weighted by Crippen LogP contribution is -2.40. The Hall–Kier alpha value is -2.36. The predicted octanol–water partition coefficient (Wildman–Crippen LogP) is 4.17. The van der Waals surface area contributed by atoms with Crippen LogP contribution < -0.4 is 0 Å². The molecule has 4 heteroatoms. The van der Waals surface area contributed by atoms with E-state index in [1.54, 1.807) is 13.8 Å². The van der Waals surface area contributed by atoms with Gasteiger partial charge in [0.2, 0.25) is 0 Å². The van der Waals surface area contributed by atoms with E-state index < -0.39 is 17.4 Å². The van der Waals surface area contributed by atoms with Gasteiger partial charge in [0.05, 0.1) is 13.2 Å². The van der Waals surface area contributed by atoms with Crippen LogP contribution in [-0.4, -0.2) is 25.2 Å². The molecule has 1 saturated carbocycles. The van der Waals surface area contributed by atoms with Crippen LogP contribution >= 0.6 is 0 Å². The lowest BCUT2D eigenvalue weighted by molar-refractivity contribution is -0.171. The molecule has 1 aromatic rings. The van der Waals surface area contributed by atoms with E-state index in [4.69, 9.17) is 9.47 Å². The van der Waals surface area contributed by atoms with E-state index in [2.05, 4.69) is 30.4 Å². The fraction of sp³-hybridized carbons (Fsp3) is 0.455. The van der Waals surface area contributed by atoms with Gasteiger partial charge in [0.1, 0.15) is 0 Å². The molecule has 138 valence electrons. The van der Waals surface area contributed by atoms with Crippen molar-refractivity contribution >= 4 is 17.5 Å². The van der Waals surface area contributed by atoms with Crippen LogP contribution in [0.1, 0.15) is 38.7 Å². The van der Waals surface area contributed by atoms with Gasteiger partial charge < -0.3 is 9.47 Å². The Kier molecular flexibility index (Phi) is 5.60. The molecule has 1 aromatic carbocycles. The number of hydrogen-bond donors (Lipinski definition) is 0. The zero-order valence-corrected chi connectivity index (χ0v) is 15.4. The summed E-state index contributed by atoms with van der Waals surface area (Å²) in [7, 11) is 0. The number of fused-ring (bicyclic) bond motifs is 1. The fourth-order valence-electron chi connectivity index (χ4n) is 4.10. The van der Waals surface area contributed by atoms with Gasteiger partial charge in [0.15, 0.2) is 5.41 Å². The summed E-state index contributed by atoms with van der Waals surface area (Å²) in [6, 6.07) is 10.2. The van der Waals surface area contributed by atoms with Crippen molar-refractivity contribution in [2.45, 2.75) is 33.1 Å². The second kappa shape index (κ2) is 7.90. The molecule has 26 heavy (non-hydrogen) atoms. The topological polar surface area (TPSA) is 52.6 Å². The Morgan fingerprint density at radius 2 is 1.62 bits per heavy atom. The second-order valence-electron chi connectivity index (χ2n) is 6.95. The lowest BCUT2D eigenvalue weighted by atomic mass is 9.84. The first kappa shape index (κ1) is 18.4. The number of carbonyl (C=O) groups is 2. The summed E-state index contributed by atoms with van der Waals surface area (Å²) in [6.07, 6.45) is 8.29. The Bertz CT molecular complexity index is 699. The summed E-state index contributed by atoms with van der Waals surface area (Å²) in [5, 5.41) is 0. The number of esters is 2. The SMILES string of the molecule is CCOC(=O)C1(C(=O)OCC)C[C@@H]2C=CCC(c3ccccc3)=C[C@H]2C1. The van der Waals surface area contributed by atoms with Crippen molar-refractivity contribution in [3.05, 3.63) is 54.1 Å². The monoisotopic (exact) mass is 354 g/mol. The van der Waals surface area contributed by atoms with Crippen molar-refractivity contribution < 1.29 is 19.1 Å². The highest BCUT2D eigenvalue weighted by atomic mass is 16.6. The van der Waals surface area contributed by atoms with Crippen molar-refractivity contribution in [3.63, 3.8) is 0 Å². The van der Waals surface area contributed by atoms with Crippen molar-refractivity contribution in [1.82, 2.24) is 0 Å². The molecule has 0 spiro atoms. The minimum Gasteiger partial charge on any atom is -0.465 e. The van der Waals surface area contributed by atoms with Crippen molar-refractivity contribution in [2.75, 3.05) is 13.2 Å². The standard InChI is InChI=1S/C22H26O4/c1-3-25-20(23)22(21(24)26-4-2)14-18-12-8-11-17(13-19(18)15-22)16-9-6-5-7-10-16/h5-10,12-13,18-19H,3-4,11,14-15H2,1-2H3/t18-,19-/m0/s1. The summed E-state index contributed by atoms with van der Waals surface area (Å²) >= 11 is 0. The van der Waals surface area contributed by atoms with E-state index >= 15 is 0 Å². The summed E-state index contributed by atoms with van der Waals surface area (Å²) in [4.78, 5) is 25.4. The second-order valence-corrected chi connectivity index (χ2v) is 6.95. The molecule has 0 N–H and O–H groups in total. The molecule has 0 aromatic heterocycles. The molecule has 2 aliphatic carbocycles. The van der Waals surface area contributed by atoms with Crippen LogP contribution in [0.15, 0.2) is 48.6 Å². The minimum absolute atomic E-state index is 0.123. The zero-order valence-electron chi connectivity index (χ0n) is 15.4. The molecule has 1 fully saturated rings. The normalized spacial score (nSPS) is 23.5. The zero-order chi connectivity index (χ0) is 18.6. The molecular weight excluding hydrogens is 328 g/mol. The summed E-state index contributed by atoms with van der Waals surface area (Å²) < 4.78 is 10.5. The number of carbonyl (C=O) groups excluding carboxylic acids is 2. The largest absolute Gasteiger partial charge is 0.465 e. The van der Waals surface area contributed by atoms with E-state index in [9.17, 15) is 9.59 Å². The van der Waals surface area contributed by atoms with Crippen LogP contribution in [0.5, 0.6) is 0 Å². The van der Waals surface area contributed by atoms with Crippen LogP contribution in [0, 0.1) is 17.3 Å². The molecule has 0 amide bonds. The van der Waals surface area contributed by atoms with Crippen LogP contribution in [-0.2, 0) is 19.1 Å². The van der Waals surface area contributed by atoms with Crippen molar-refractivity contribution in [2.24, 2.45) is 17.3 Å². The number of rotatable bonds is 5. The van der Waals surface area contributed by atoms with Crippen LogP contribution in [0.2, 0.25) is 0 Å². The van der Waals surface area contributed by atoms with E-state index in [0.717, 1.165) is 6.42 Å². The first-order valence-electron chi connectivity index (χ1n) is 9.38. The smallest absolute Gasteiger partial charge is 0.323 e. The Balaban J connectivity index is 1.93. The molecular formula is C22H26O4. The maximum Gasteiger partial charge on any atom is 0.323 e. The molecule has 4 nitrogen and oxygen atoms in total. The Morgan fingerprint density at radius 3 is 2.23 bits per heavy atom. The van der Waals surface area contributed by atoms with Gasteiger partial charge in [-0.2, -0.15) is 0 Å². The average molecular weight is 354 g/mol. The van der Waals surface area contributed by atoms with Gasteiger partial charge in [-0.3, -0.25) is 9.59 Å². The molecule has 0 unspecified atom stereocenters. The summed E-state index contributed by atoms with van der Waals surface area (Å²) in [5.41, 5.74) is 1.22. The minimum atomic E-state index is -1.19. The quantitative estimate of drug-likeness (QED) is 0.452. The predicted molar refractivity (Wildman–Crippen MR) is 100 cm³/mol. The number of hydrogen-bond acceptors (Lipinski definition) is 4. The first-order chi connectivity index (χ1) is 12.6. The van der Waals surface area contributed by atoms with E-state index in [1.165, 1.54) is 11.1 Å². The van der Waals surface area contributed by atoms with Gasteiger partial charge in [-0.1, -0.05) is 48.6 Å². The van der Waals surface area contributed by atoms with Gasteiger partial charge in [-0.05, 0) is 56.1 Å². The van der Waals surface area contributed by atoms with Crippen molar-refractivity contribution in [3.8, 4) is 0 Å². The van der Waals surface area contributed by atoms with Crippen LogP contribution in [0.3, 0.4) is 0 Å². The van der Waals surface area contributed by atoms with Crippen LogP contribution in [0.4, 0.5) is 0 Å². The van der Waals surface area contributed by atoms with Crippen molar-refractivity contribution in [1.29, 1.82) is 0 Å². The van der Waals surface area contributed by atoms with Crippen LogP contribution in [0.25, 0.3) is 5.57 Å². The van der Waals surface area contributed by atoms with E-state index in [-0.39, 0.29) is 25.0 Å².